The highest BCUT2D eigenvalue weighted by Gasteiger charge is 2.22. The van der Waals surface area contributed by atoms with Crippen LogP contribution >= 0.6 is 0 Å². The number of amides is 1. The van der Waals surface area contributed by atoms with Crippen LogP contribution in [0, 0.1) is 13.8 Å². The van der Waals surface area contributed by atoms with Crippen LogP contribution in [0.5, 0.6) is 11.5 Å². The topological polar surface area (TPSA) is 73.9 Å². The number of rotatable bonds is 7. The molecule has 0 aliphatic heterocycles. The van der Waals surface area contributed by atoms with Gasteiger partial charge in [0, 0.05) is 5.69 Å². The monoisotopic (exact) mass is 379 g/mol. The zero-order valence-corrected chi connectivity index (χ0v) is 15.0. The van der Waals surface area contributed by atoms with Crippen LogP contribution in [0.2, 0.25) is 0 Å². The lowest BCUT2D eigenvalue weighted by Crippen LogP contribution is -2.21. The SMILES string of the molecule is COc1cccc(C(=O)OCC(=O)Nc2cc(C)cc(C)c2)c1OC(F)F. The van der Waals surface area contributed by atoms with Gasteiger partial charge in [-0.15, -0.1) is 0 Å². The first kappa shape index (κ1) is 20.2. The van der Waals surface area contributed by atoms with Crippen LogP contribution in [0.4, 0.5) is 14.5 Å². The predicted octanol–water partition coefficient (Wildman–Crippen LogP) is 3.71. The molecule has 0 saturated heterocycles. The maximum Gasteiger partial charge on any atom is 0.387 e. The maximum atomic E-state index is 12.6. The smallest absolute Gasteiger partial charge is 0.387 e. The van der Waals surface area contributed by atoms with Crippen molar-refractivity contribution < 1.29 is 32.6 Å². The summed E-state index contributed by atoms with van der Waals surface area (Å²) in [6, 6.07) is 9.50. The van der Waals surface area contributed by atoms with Crippen molar-refractivity contribution in [3.05, 3.63) is 53.1 Å². The Bertz CT molecular complexity index is 819. The first-order valence-electron chi connectivity index (χ1n) is 7.97. The van der Waals surface area contributed by atoms with Crippen molar-refractivity contribution in [3.8, 4) is 11.5 Å². The second kappa shape index (κ2) is 8.98. The molecule has 144 valence electrons. The summed E-state index contributed by atoms with van der Waals surface area (Å²) in [5.41, 5.74) is 2.23. The molecule has 0 spiro atoms. The summed E-state index contributed by atoms with van der Waals surface area (Å²) in [5.74, 6) is -2.05. The molecule has 0 unspecified atom stereocenters. The number of methoxy groups -OCH3 is 1. The van der Waals surface area contributed by atoms with Crippen molar-refractivity contribution in [2.24, 2.45) is 0 Å². The summed E-state index contributed by atoms with van der Waals surface area (Å²) >= 11 is 0. The third-order valence-corrected chi connectivity index (χ3v) is 3.47. The number of benzene rings is 2. The van der Waals surface area contributed by atoms with E-state index < -0.39 is 30.8 Å². The normalized spacial score (nSPS) is 10.4. The molecule has 6 nitrogen and oxygen atoms in total. The molecule has 8 heteroatoms. The number of anilines is 1. The molecule has 0 heterocycles. The van der Waals surface area contributed by atoms with E-state index in [1.54, 1.807) is 12.1 Å². The van der Waals surface area contributed by atoms with Gasteiger partial charge in [-0.05, 0) is 49.2 Å². The fraction of sp³-hybridized carbons (Fsp3) is 0.263. The van der Waals surface area contributed by atoms with E-state index in [2.05, 4.69) is 10.1 Å². The molecule has 0 atom stereocenters. The molecule has 0 radical (unpaired) electrons. The summed E-state index contributed by atoms with van der Waals surface area (Å²) in [7, 11) is 1.25. The number of halogens is 2. The standard InChI is InChI=1S/C19H19F2NO5/c1-11-7-12(2)9-13(8-11)22-16(23)10-26-18(24)14-5-4-6-15(25-3)17(14)27-19(20)21/h4-9,19H,10H2,1-3H3,(H,22,23). The summed E-state index contributed by atoms with van der Waals surface area (Å²) < 4.78 is 39.4. The van der Waals surface area contributed by atoms with E-state index in [-0.39, 0.29) is 11.3 Å². The molecule has 2 rings (SSSR count). The number of esters is 1. The number of para-hydroxylation sites is 1. The van der Waals surface area contributed by atoms with Crippen LogP contribution < -0.4 is 14.8 Å². The average molecular weight is 379 g/mol. The Kier molecular flexibility index (Phi) is 6.70. The van der Waals surface area contributed by atoms with E-state index >= 15 is 0 Å². The van der Waals surface area contributed by atoms with Gasteiger partial charge in [0.15, 0.2) is 18.1 Å². The average Bonchev–Trinajstić information content (AvgIpc) is 2.58. The number of carbonyl (C=O) groups excluding carboxylic acids is 2. The van der Waals surface area contributed by atoms with Crippen LogP contribution in [0.25, 0.3) is 0 Å². The third kappa shape index (κ3) is 5.67. The van der Waals surface area contributed by atoms with E-state index in [0.717, 1.165) is 11.1 Å². The number of carbonyl (C=O) groups is 2. The van der Waals surface area contributed by atoms with Crippen molar-refractivity contribution in [1.82, 2.24) is 0 Å². The number of aryl methyl sites for hydroxylation is 2. The molecule has 27 heavy (non-hydrogen) atoms. The lowest BCUT2D eigenvalue weighted by molar-refractivity contribution is -0.119. The van der Waals surface area contributed by atoms with Crippen LogP contribution in [0.1, 0.15) is 21.5 Å². The number of alkyl halides is 2. The van der Waals surface area contributed by atoms with Crippen molar-refractivity contribution in [2.45, 2.75) is 20.5 Å². The molecule has 0 aliphatic carbocycles. The highest BCUT2D eigenvalue weighted by molar-refractivity contribution is 5.97. The Balaban J connectivity index is 2.05. The lowest BCUT2D eigenvalue weighted by Gasteiger charge is -2.14. The Morgan fingerprint density at radius 3 is 2.37 bits per heavy atom. The van der Waals surface area contributed by atoms with Gasteiger partial charge in [0.25, 0.3) is 5.91 Å². The maximum absolute atomic E-state index is 12.6. The van der Waals surface area contributed by atoms with E-state index in [0.29, 0.717) is 5.69 Å². The zero-order valence-electron chi connectivity index (χ0n) is 15.0. The van der Waals surface area contributed by atoms with Crippen LogP contribution in [-0.4, -0.2) is 32.2 Å². The summed E-state index contributed by atoms with van der Waals surface area (Å²) in [4.78, 5) is 24.2. The van der Waals surface area contributed by atoms with Crippen molar-refractivity contribution >= 4 is 17.6 Å². The van der Waals surface area contributed by atoms with Gasteiger partial charge < -0.3 is 19.5 Å². The minimum absolute atomic E-state index is 0.0514. The van der Waals surface area contributed by atoms with Crippen molar-refractivity contribution in [1.29, 1.82) is 0 Å². The van der Waals surface area contributed by atoms with E-state index in [9.17, 15) is 18.4 Å². The van der Waals surface area contributed by atoms with Crippen LogP contribution in [0.15, 0.2) is 36.4 Å². The Morgan fingerprint density at radius 2 is 1.78 bits per heavy atom. The molecule has 1 amide bonds. The molecule has 0 fully saturated rings. The number of nitrogens with one attached hydrogen (secondary N) is 1. The van der Waals surface area contributed by atoms with Gasteiger partial charge in [0.2, 0.25) is 0 Å². The van der Waals surface area contributed by atoms with Gasteiger partial charge in [-0.25, -0.2) is 4.79 Å². The molecule has 1 N–H and O–H groups in total. The minimum Gasteiger partial charge on any atom is -0.493 e. The van der Waals surface area contributed by atoms with Gasteiger partial charge in [0.1, 0.15) is 5.56 Å². The first-order valence-corrected chi connectivity index (χ1v) is 7.97. The first-order chi connectivity index (χ1) is 12.8. The van der Waals surface area contributed by atoms with Crippen LogP contribution in [0.3, 0.4) is 0 Å². The Labute approximate surface area is 155 Å². The van der Waals surface area contributed by atoms with Gasteiger partial charge >= 0.3 is 12.6 Å². The molecular formula is C19H19F2NO5. The molecule has 0 saturated carbocycles. The second-order valence-electron chi connectivity index (χ2n) is 5.72. The quantitative estimate of drug-likeness (QED) is 0.743. The predicted molar refractivity (Wildman–Crippen MR) is 94.5 cm³/mol. The molecule has 2 aromatic rings. The lowest BCUT2D eigenvalue weighted by atomic mass is 10.1. The van der Waals surface area contributed by atoms with Gasteiger partial charge in [0.05, 0.1) is 7.11 Å². The molecule has 2 aromatic carbocycles. The van der Waals surface area contributed by atoms with E-state index in [1.165, 1.54) is 25.3 Å². The fourth-order valence-electron chi connectivity index (χ4n) is 2.50. The highest BCUT2D eigenvalue weighted by Crippen LogP contribution is 2.32. The van der Waals surface area contributed by atoms with Crippen molar-refractivity contribution in [2.75, 3.05) is 19.0 Å². The van der Waals surface area contributed by atoms with Crippen molar-refractivity contribution in [3.63, 3.8) is 0 Å². The second-order valence-corrected chi connectivity index (χ2v) is 5.72. The summed E-state index contributed by atoms with van der Waals surface area (Å²) in [6.07, 6.45) is 0. The van der Waals surface area contributed by atoms with Crippen LogP contribution in [-0.2, 0) is 9.53 Å². The number of ether oxygens (including phenoxy) is 3. The zero-order chi connectivity index (χ0) is 20.0. The van der Waals surface area contributed by atoms with Gasteiger partial charge in [-0.1, -0.05) is 12.1 Å². The highest BCUT2D eigenvalue weighted by atomic mass is 19.3. The Morgan fingerprint density at radius 1 is 1.11 bits per heavy atom. The fourth-order valence-corrected chi connectivity index (χ4v) is 2.50. The summed E-state index contributed by atoms with van der Waals surface area (Å²) in [6.45, 7) is 0.0316. The van der Waals surface area contributed by atoms with E-state index in [4.69, 9.17) is 9.47 Å². The molecule has 0 aromatic heterocycles. The largest absolute Gasteiger partial charge is 0.493 e. The van der Waals surface area contributed by atoms with E-state index in [1.807, 2.05) is 19.9 Å². The number of hydrogen-bond donors (Lipinski definition) is 1. The minimum atomic E-state index is -3.15. The molecule has 0 bridgehead atoms. The molecular weight excluding hydrogens is 360 g/mol. The Hall–Kier alpha value is -3.16. The van der Waals surface area contributed by atoms with Gasteiger partial charge in [-0.3, -0.25) is 4.79 Å². The summed E-state index contributed by atoms with van der Waals surface area (Å²) in [5, 5.41) is 2.61. The number of hydrogen-bond acceptors (Lipinski definition) is 5. The van der Waals surface area contributed by atoms with Gasteiger partial charge in [-0.2, -0.15) is 8.78 Å². The molecule has 0 aliphatic rings. The third-order valence-electron chi connectivity index (χ3n) is 3.47.